The molecule has 0 aliphatic carbocycles. The molecule has 0 spiro atoms. The average Bonchev–Trinajstić information content (AvgIpc) is 3.36. The molecule has 1 fully saturated rings. The summed E-state index contributed by atoms with van der Waals surface area (Å²) >= 11 is 0. The molecule has 6 nitrogen and oxygen atoms in total. The fraction of sp³-hybridized carbons (Fsp3) is 0.276. The summed E-state index contributed by atoms with van der Waals surface area (Å²) in [6.45, 7) is 3.81. The summed E-state index contributed by atoms with van der Waals surface area (Å²) in [6, 6.07) is 25.1. The molecule has 1 saturated heterocycles. The van der Waals surface area contributed by atoms with E-state index in [-0.39, 0.29) is 23.7 Å². The van der Waals surface area contributed by atoms with E-state index in [1.165, 1.54) is 0 Å². The Balaban J connectivity index is 1.18. The van der Waals surface area contributed by atoms with Gasteiger partial charge in [-0.25, -0.2) is 4.98 Å². The van der Waals surface area contributed by atoms with Crippen LogP contribution in [-0.4, -0.2) is 34.8 Å². The molecule has 2 amide bonds. The molecule has 2 heterocycles. The third-order valence-electron chi connectivity index (χ3n) is 6.91. The molecule has 0 bridgehead atoms. The predicted octanol–water partition coefficient (Wildman–Crippen LogP) is 5.30. The molecule has 0 radical (unpaired) electrons. The van der Waals surface area contributed by atoms with E-state index < -0.39 is 0 Å². The van der Waals surface area contributed by atoms with Gasteiger partial charge in [0, 0.05) is 36.7 Å². The van der Waals surface area contributed by atoms with Crippen molar-refractivity contribution in [3.63, 3.8) is 0 Å². The van der Waals surface area contributed by atoms with Gasteiger partial charge in [0.05, 0.1) is 0 Å². The molecule has 0 unspecified atom stereocenters. The Morgan fingerprint density at radius 1 is 1.00 bits per heavy atom. The minimum atomic E-state index is -0.0853. The number of hydrogen-bond donors (Lipinski definition) is 1. The zero-order chi connectivity index (χ0) is 24.2. The molecule has 6 heteroatoms. The molecular formula is C29H29N3O3. The summed E-state index contributed by atoms with van der Waals surface area (Å²) in [5, 5.41) is 3.05. The van der Waals surface area contributed by atoms with Gasteiger partial charge in [-0.3, -0.25) is 9.59 Å². The van der Waals surface area contributed by atoms with Crippen molar-refractivity contribution in [3.05, 3.63) is 90.0 Å². The van der Waals surface area contributed by atoms with Crippen LogP contribution in [0.4, 0.5) is 0 Å². The second-order valence-corrected chi connectivity index (χ2v) is 9.19. The summed E-state index contributed by atoms with van der Waals surface area (Å²) in [6.07, 6.45) is 1.63. The SMILES string of the molecule is C[C@@H](C(=O)NCc1ccccc1)C1CCN(C(=O)c2ccc3nc(-c4ccccc4)oc3c2)CC1. The van der Waals surface area contributed by atoms with Crippen molar-refractivity contribution in [1.82, 2.24) is 15.2 Å². The number of likely N-dealkylation sites (tertiary alicyclic amines) is 1. The Bertz CT molecular complexity index is 1310. The Labute approximate surface area is 205 Å². The Kier molecular flexibility index (Phi) is 6.62. The number of benzene rings is 3. The summed E-state index contributed by atoms with van der Waals surface area (Å²) in [5.74, 6) is 0.788. The van der Waals surface area contributed by atoms with E-state index in [2.05, 4.69) is 10.3 Å². The second kappa shape index (κ2) is 10.1. The van der Waals surface area contributed by atoms with Crippen LogP contribution in [0.3, 0.4) is 0 Å². The molecule has 178 valence electrons. The standard InChI is InChI=1S/C29H29N3O3/c1-20(27(33)30-19-21-8-4-2-5-9-21)22-14-16-32(17-15-22)29(34)24-12-13-25-26(18-24)35-28(31-25)23-10-6-3-7-11-23/h2-13,18,20,22H,14-17,19H2,1H3,(H,30,33)/t20-/m1/s1. The zero-order valence-corrected chi connectivity index (χ0v) is 19.8. The molecule has 3 aromatic carbocycles. The number of piperidine rings is 1. The zero-order valence-electron chi connectivity index (χ0n) is 19.8. The number of amides is 2. The van der Waals surface area contributed by atoms with Crippen molar-refractivity contribution in [3.8, 4) is 11.5 Å². The van der Waals surface area contributed by atoms with E-state index in [4.69, 9.17) is 4.42 Å². The highest BCUT2D eigenvalue weighted by Gasteiger charge is 2.30. The summed E-state index contributed by atoms with van der Waals surface area (Å²) in [7, 11) is 0. The van der Waals surface area contributed by atoms with Crippen LogP contribution in [0.2, 0.25) is 0 Å². The smallest absolute Gasteiger partial charge is 0.253 e. The van der Waals surface area contributed by atoms with Crippen LogP contribution >= 0.6 is 0 Å². The van der Waals surface area contributed by atoms with E-state index in [0.717, 1.165) is 29.5 Å². The summed E-state index contributed by atoms with van der Waals surface area (Å²) < 4.78 is 5.94. The molecule has 35 heavy (non-hydrogen) atoms. The van der Waals surface area contributed by atoms with E-state index >= 15 is 0 Å². The van der Waals surface area contributed by atoms with Gasteiger partial charge >= 0.3 is 0 Å². The number of nitrogens with one attached hydrogen (secondary N) is 1. The largest absolute Gasteiger partial charge is 0.436 e. The fourth-order valence-corrected chi connectivity index (χ4v) is 4.71. The molecular weight excluding hydrogens is 438 g/mol. The van der Waals surface area contributed by atoms with Gasteiger partial charge in [0.15, 0.2) is 5.58 Å². The molecule has 0 saturated carbocycles. The Hall–Kier alpha value is -3.93. The van der Waals surface area contributed by atoms with E-state index in [0.29, 0.717) is 36.7 Å². The highest BCUT2D eigenvalue weighted by atomic mass is 16.3. The van der Waals surface area contributed by atoms with Gasteiger partial charge in [-0.2, -0.15) is 0 Å². The number of carbonyl (C=O) groups is 2. The van der Waals surface area contributed by atoms with Gasteiger partial charge < -0.3 is 14.6 Å². The lowest BCUT2D eigenvalue weighted by atomic mass is 9.84. The number of oxazole rings is 1. The lowest BCUT2D eigenvalue weighted by Gasteiger charge is -2.34. The lowest BCUT2D eigenvalue weighted by Crippen LogP contribution is -2.42. The van der Waals surface area contributed by atoms with Gasteiger partial charge in [-0.15, -0.1) is 0 Å². The van der Waals surface area contributed by atoms with Crippen LogP contribution in [0.1, 0.15) is 35.7 Å². The van der Waals surface area contributed by atoms with Crippen LogP contribution in [0.25, 0.3) is 22.6 Å². The van der Waals surface area contributed by atoms with Crippen LogP contribution in [-0.2, 0) is 11.3 Å². The Morgan fingerprint density at radius 3 is 2.40 bits per heavy atom. The van der Waals surface area contributed by atoms with E-state index in [1.54, 1.807) is 6.07 Å². The number of nitrogens with zero attached hydrogens (tertiary/aromatic N) is 2. The highest BCUT2D eigenvalue weighted by molar-refractivity contribution is 5.97. The first-order valence-electron chi connectivity index (χ1n) is 12.2. The van der Waals surface area contributed by atoms with Crippen molar-refractivity contribution >= 4 is 22.9 Å². The Morgan fingerprint density at radius 2 is 1.69 bits per heavy atom. The van der Waals surface area contributed by atoms with Crippen LogP contribution in [0.15, 0.2) is 83.3 Å². The van der Waals surface area contributed by atoms with Crippen molar-refractivity contribution in [2.24, 2.45) is 11.8 Å². The first-order valence-corrected chi connectivity index (χ1v) is 12.2. The van der Waals surface area contributed by atoms with Gasteiger partial charge in [0.1, 0.15) is 5.52 Å². The van der Waals surface area contributed by atoms with Crippen LogP contribution in [0.5, 0.6) is 0 Å². The fourth-order valence-electron chi connectivity index (χ4n) is 4.71. The molecule has 1 N–H and O–H groups in total. The van der Waals surface area contributed by atoms with Crippen LogP contribution in [0, 0.1) is 11.8 Å². The molecule has 1 aliphatic rings. The molecule has 1 aromatic heterocycles. The van der Waals surface area contributed by atoms with Crippen molar-refractivity contribution in [2.45, 2.75) is 26.3 Å². The number of rotatable bonds is 6. The van der Waals surface area contributed by atoms with E-state index in [1.807, 2.05) is 84.6 Å². The van der Waals surface area contributed by atoms with Gasteiger partial charge in [0.2, 0.25) is 11.8 Å². The summed E-state index contributed by atoms with van der Waals surface area (Å²) in [4.78, 5) is 32.3. The first kappa shape index (κ1) is 22.8. The third-order valence-corrected chi connectivity index (χ3v) is 6.91. The van der Waals surface area contributed by atoms with E-state index in [9.17, 15) is 9.59 Å². The molecule has 4 aromatic rings. The number of fused-ring (bicyclic) bond motifs is 1. The minimum absolute atomic E-state index is 0.0100. The first-order chi connectivity index (χ1) is 17.1. The van der Waals surface area contributed by atoms with Crippen molar-refractivity contribution in [2.75, 3.05) is 13.1 Å². The number of aromatic nitrogens is 1. The van der Waals surface area contributed by atoms with Gasteiger partial charge in [-0.1, -0.05) is 55.5 Å². The molecule has 5 rings (SSSR count). The number of carbonyl (C=O) groups excluding carboxylic acids is 2. The van der Waals surface area contributed by atoms with Gasteiger partial charge in [0.25, 0.3) is 5.91 Å². The van der Waals surface area contributed by atoms with Gasteiger partial charge in [-0.05, 0) is 54.7 Å². The third kappa shape index (κ3) is 5.11. The van der Waals surface area contributed by atoms with Crippen LogP contribution < -0.4 is 5.32 Å². The maximum atomic E-state index is 13.2. The average molecular weight is 468 g/mol. The topological polar surface area (TPSA) is 75.4 Å². The minimum Gasteiger partial charge on any atom is -0.436 e. The maximum absolute atomic E-state index is 13.2. The summed E-state index contributed by atoms with van der Waals surface area (Å²) in [5.41, 5.74) is 3.93. The van der Waals surface area contributed by atoms with Crippen molar-refractivity contribution in [1.29, 1.82) is 0 Å². The van der Waals surface area contributed by atoms with Crippen molar-refractivity contribution < 1.29 is 14.0 Å². The maximum Gasteiger partial charge on any atom is 0.253 e. The monoisotopic (exact) mass is 467 g/mol. The quantitative estimate of drug-likeness (QED) is 0.418. The number of hydrogen-bond acceptors (Lipinski definition) is 4. The lowest BCUT2D eigenvalue weighted by molar-refractivity contribution is -0.126. The molecule has 1 atom stereocenters. The predicted molar refractivity (Wildman–Crippen MR) is 136 cm³/mol. The highest BCUT2D eigenvalue weighted by Crippen LogP contribution is 2.28. The second-order valence-electron chi connectivity index (χ2n) is 9.19. The molecule has 1 aliphatic heterocycles. The normalized spacial score (nSPS) is 15.2.